The van der Waals surface area contributed by atoms with Gasteiger partial charge in [-0.3, -0.25) is 4.79 Å². The normalized spacial score (nSPS) is 13.1. The van der Waals surface area contributed by atoms with E-state index in [1.807, 2.05) is 13.8 Å². The van der Waals surface area contributed by atoms with Gasteiger partial charge in [-0.05, 0) is 44.4 Å². The van der Waals surface area contributed by atoms with Gasteiger partial charge in [-0.1, -0.05) is 26.7 Å². The van der Waals surface area contributed by atoms with E-state index in [0.29, 0.717) is 36.2 Å². The van der Waals surface area contributed by atoms with E-state index in [4.69, 9.17) is 9.15 Å². The molecule has 0 aliphatic heterocycles. The largest absolute Gasteiger partial charge is 0.548 e. The summed E-state index contributed by atoms with van der Waals surface area (Å²) in [4.78, 5) is 35.4. The fourth-order valence-corrected chi connectivity index (χ4v) is 3.02. The Balaban J connectivity index is 2.21. The molecule has 7 nitrogen and oxygen atoms in total. The van der Waals surface area contributed by atoms with Crippen LogP contribution in [-0.4, -0.2) is 24.0 Å². The van der Waals surface area contributed by atoms with Crippen molar-refractivity contribution >= 4 is 22.8 Å². The van der Waals surface area contributed by atoms with Crippen LogP contribution in [0.1, 0.15) is 51.2 Å². The van der Waals surface area contributed by atoms with E-state index in [-0.39, 0.29) is 0 Å². The lowest BCUT2D eigenvalue weighted by molar-refractivity contribution is -0.308. The van der Waals surface area contributed by atoms with Crippen molar-refractivity contribution in [2.75, 3.05) is 0 Å². The Bertz CT molecular complexity index is 917. The molecule has 152 valence electrons. The second-order valence-corrected chi connectivity index (χ2v) is 6.79. The molecular formula is C21H26NO6-. The van der Waals surface area contributed by atoms with Gasteiger partial charge in [-0.25, -0.2) is 4.79 Å². The number of carbonyl (C=O) groups excluding carboxylic acids is 2. The van der Waals surface area contributed by atoms with E-state index in [9.17, 15) is 19.5 Å². The first-order chi connectivity index (χ1) is 13.3. The van der Waals surface area contributed by atoms with Crippen molar-refractivity contribution in [3.05, 3.63) is 39.7 Å². The van der Waals surface area contributed by atoms with Crippen LogP contribution < -0.4 is 20.8 Å². The highest BCUT2D eigenvalue weighted by molar-refractivity contribution is 5.87. The van der Waals surface area contributed by atoms with Crippen molar-refractivity contribution in [2.45, 2.75) is 65.5 Å². The van der Waals surface area contributed by atoms with Crippen LogP contribution in [0.25, 0.3) is 11.0 Å². The lowest BCUT2D eigenvalue weighted by atomic mass is 10.0. The molecule has 0 saturated heterocycles. The molecule has 1 amide bonds. The number of carbonyl (C=O) groups is 2. The molecule has 0 aliphatic rings. The molecule has 28 heavy (non-hydrogen) atoms. The Morgan fingerprint density at radius 2 is 2.00 bits per heavy atom. The number of carboxylic acid groups (broad SMARTS) is 1. The fraction of sp³-hybridized carbons (Fsp3) is 0.476. The average Bonchev–Trinajstić information content (AvgIpc) is 2.66. The Hall–Kier alpha value is -2.83. The molecule has 0 radical (unpaired) electrons. The quantitative estimate of drug-likeness (QED) is 0.657. The number of amides is 1. The minimum atomic E-state index is -1.32. The maximum atomic E-state index is 12.4. The maximum absolute atomic E-state index is 12.4. The zero-order valence-corrected chi connectivity index (χ0v) is 16.7. The van der Waals surface area contributed by atoms with Crippen LogP contribution in [0.15, 0.2) is 27.4 Å². The van der Waals surface area contributed by atoms with Gasteiger partial charge in [0.25, 0.3) is 5.91 Å². The number of carboxylic acids is 1. The van der Waals surface area contributed by atoms with Crippen LogP contribution in [0.4, 0.5) is 0 Å². The zero-order valence-electron chi connectivity index (χ0n) is 16.7. The molecule has 7 heteroatoms. The van der Waals surface area contributed by atoms with Gasteiger partial charge in [-0.15, -0.1) is 0 Å². The first kappa shape index (κ1) is 21.5. The number of unbranched alkanes of at least 4 members (excludes halogenated alkanes) is 1. The summed E-state index contributed by atoms with van der Waals surface area (Å²) in [6.07, 6.45) is 1.53. The first-order valence-corrected chi connectivity index (χ1v) is 9.52. The molecule has 0 saturated carbocycles. The van der Waals surface area contributed by atoms with E-state index in [2.05, 4.69) is 5.32 Å². The first-order valence-electron chi connectivity index (χ1n) is 9.52. The van der Waals surface area contributed by atoms with Gasteiger partial charge >= 0.3 is 5.63 Å². The van der Waals surface area contributed by atoms with Gasteiger partial charge < -0.3 is 24.4 Å². The molecule has 0 unspecified atom stereocenters. The number of hydrogen-bond donors (Lipinski definition) is 1. The number of aliphatic carboxylic acids is 1. The van der Waals surface area contributed by atoms with Crippen molar-refractivity contribution in [1.82, 2.24) is 5.32 Å². The molecule has 1 N–H and O–H groups in total. The minimum absolute atomic E-state index is 0.303. The van der Waals surface area contributed by atoms with Gasteiger partial charge in [0.1, 0.15) is 11.3 Å². The highest BCUT2D eigenvalue weighted by Gasteiger charge is 2.21. The van der Waals surface area contributed by atoms with Crippen LogP contribution in [0.5, 0.6) is 5.75 Å². The van der Waals surface area contributed by atoms with E-state index in [1.165, 1.54) is 13.0 Å². The molecule has 2 aromatic rings. The molecular weight excluding hydrogens is 362 g/mol. The smallest absolute Gasteiger partial charge is 0.336 e. The number of rotatable bonds is 9. The number of benzene rings is 1. The predicted octanol–water partition coefficient (Wildman–Crippen LogP) is 1.86. The van der Waals surface area contributed by atoms with Gasteiger partial charge in [0.2, 0.25) is 0 Å². The molecule has 0 fully saturated rings. The monoisotopic (exact) mass is 388 g/mol. The standard InChI is InChI=1S/C21H27NO6/c1-5-7-8-16(21(25)26)22-20(24)13(4)27-17-10-9-15-14(6-2)11-18(23)28-19(15)12(17)3/h9-11,13,16H,5-8H2,1-4H3,(H,22,24)(H,25,26)/p-1/t13-,16-/m1/s1. The van der Waals surface area contributed by atoms with Crippen LogP contribution in [-0.2, 0) is 16.0 Å². The molecule has 0 bridgehead atoms. The average molecular weight is 388 g/mol. The van der Waals surface area contributed by atoms with Crippen molar-refractivity contribution < 1.29 is 23.8 Å². The van der Waals surface area contributed by atoms with Gasteiger partial charge in [0.05, 0.1) is 12.0 Å². The highest BCUT2D eigenvalue weighted by atomic mass is 16.5. The summed E-state index contributed by atoms with van der Waals surface area (Å²) in [6, 6.07) is 3.92. The second kappa shape index (κ2) is 9.39. The summed E-state index contributed by atoms with van der Waals surface area (Å²) in [5, 5.41) is 14.5. The molecule has 0 aliphatic carbocycles. The summed E-state index contributed by atoms with van der Waals surface area (Å²) in [7, 11) is 0. The third kappa shape index (κ3) is 4.91. The Morgan fingerprint density at radius 1 is 1.29 bits per heavy atom. The molecule has 1 aromatic heterocycles. The predicted molar refractivity (Wildman–Crippen MR) is 103 cm³/mol. The van der Waals surface area contributed by atoms with Crippen molar-refractivity contribution in [1.29, 1.82) is 0 Å². The van der Waals surface area contributed by atoms with Gasteiger partial charge in [0.15, 0.2) is 6.10 Å². The number of nitrogens with one attached hydrogen (secondary N) is 1. The summed E-state index contributed by atoms with van der Waals surface area (Å²) in [5.74, 6) is -1.47. The Morgan fingerprint density at radius 3 is 2.61 bits per heavy atom. The number of aryl methyl sites for hydroxylation is 2. The lowest BCUT2D eigenvalue weighted by Crippen LogP contribution is -2.51. The van der Waals surface area contributed by atoms with Crippen molar-refractivity contribution in [3.63, 3.8) is 0 Å². The lowest BCUT2D eigenvalue weighted by Gasteiger charge is -2.23. The molecule has 2 rings (SSSR count). The van der Waals surface area contributed by atoms with E-state index in [1.54, 1.807) is 19.1 Å². The molecule has 2 atom stereocenters. The second-order valence-electron chi connectivity index (χ2n) is 6.79. The highest BCUT2D eigenvalue weighted by Crippen LogP contribution is 2.29. The van der Waals surface area contributed by atoms with Gasteiger partial charge in [0, 0.05) is 17.0 Å². The zero-order chi connectivity index (χ0) is 20.8. The third-order valence-corrected chi connectivity index (χ3v) is 4.70. The topological polar surface area (TPSA) is 109 Å². The van der Waals surface area contributed by atoms with Crippen LogP contribution in [0.2, 0.25) is 0 Å². The van der Waals surface area contributed by atoms with Crippen molar-refractivity contribution in [2.24, 2.45) is 0 Å². The summed E-state index contributed by atoms with van der Waals surface area (Å²) < 4.78 is 11.1. The Labute approximate surface area is 163 Å². The Kier molecular flexibility index (Phi) is 7.20. The van der Waals surface area contributed by atoms with E-state index in [0.717, 1.165) is 17.4 Å². The summed E-state index contributed by atoms with van der Waals surface area (Å²) in [6.45, 7) is 7.16. The molecule has 1 heterocycles. The summed E-state index contributed by atoms with van der Waals surface area (Å²) in [5.41, 5.74) is 1.46. The number of hydrogen-bond acceptors (Lipinski definition) is 6. The van der Waals surface area contributed by atoms with E-state index < -0.39 is 29.6 Å². The van der Waals surface area contributed by atoms with E-state index >= 15 is 0 Å². The number of fused-ring (bicyclic) bond motifs is 1. The molecule has 0 spiro atoms. The maximum Gasteiger partial charge on any atom is 0.336 e. The third-order valence-electron chi connectivity index (χ3n) is 4.70. The number of ether oxygens (including phenoxy) is 1. The fourth-order valence-electron chi connectivity index (χ4n) is 3.02. The van der Waals surface area contributed by atoms with Crippen molar-refractivity contribution in [3.8, 4) is 5.75 Å². The van der Waals surface area contributed by atoms with Gasteiger partial charge in [-0.2, -0.15) is 0 Å². The summed E-state index contributed by atoms with van der Waals surface area (Å²) >= 11 is 0. The SMILES string of the molecule is CCCC[C@@H](NC(=O)[C@@H](C)Oc1ccc2c(CC)cc(=O)oc2c1C)C(=O)[O-]. The molecule has 1 aromatic carbocycles. The van der Waals surface area contributed by atoms with Crippen LogP contribution in [0.3, 0.4) is 0 Å². The van der Waals surface area contributed by atoms with Crippen LogP contribution in [0, 0.1) is 6.92 Å². The minimum Gasteiger partial charge on any atom is -0.548 e. The van der Waals surface area contributed by atoms with Crippen LogP contribution >= 0.6 is 0 Å².